The highest BCUT2D eigenvalue weighted by Crippen LogP contribution is 2.40. The quantitative estimate of drug-likeness (QED) is 0.450. The molecule has 0 saturated heterocycles. The second kappa shape index (κ2) is 4.77. The Balaban J connectivity index is 3.48. The zero-order valence-electron chi connectivity index (χ0n) is 10.4. The fourth-order valence-corrected chi connectivity index (χ4v) is 2.96. The number of halogens is 6. The summed E-state index contributed by atoms with van der Waals surface area (Å²) in [5.74, 6) is 0. The van der Waals surface area contributed by atoms with Crippen LogP contribution in [0.3, 0.4) is 0 Å². The van der Waals surface area contributed by atoms with Crippen molar-refractivity contribution in [2.75, 3.05) is 20.3 Å². The monoisotopic (exact) mass is 328 g/mol. The molecule has 0 N–H and O–H groups in total. The SMILES string of the molecule is CC[N+]1(N(C(F)(F)F)S(=O)(=O)C(F)(F)F)C=CN(C)C1. The van der Waals surface area contributed by atoms with E-state index in [1.807, 2.05) is 0 Å². The highest BCUT2D eigenvalue weighted by Gasteiger charge is 2.68. The fourth-order valence-electron chi connectivity index (χ4n) is 1.84. The molecule has 1 rings (SSSR count). The van der Waals surface area contributed by atoms with Gasteiger partial charge in [0.05, 0.1) is 10.6 Å². The molecule has 0 saturated carbocycles. The van der Waals surface area contributed by atoms with Gasteiger partial charge < -0.3 is 4.90 Å². The summed E-state index contributed by atoms with van der Waals surface area (Å²) in [6.45, 7) is 0.0646. The van der Waals surface area contributed by atoms with Gasteiger partial charge in [0.25, 0.3) is 0 Å². The molecule has 0 aromatic heterocycles. The average molecular weight is 328 g/mol. The Morgan fingerprint density at radius 2 is 1.75 bits per heavy atom. The number of hydrogen-bond donors (Lipinski definition) is 0. The maximum absolute atomic E-state index is 12.9. The Bertz CT molecular complexity index is 499. The van der Waals surface area contributed by atoms with Crippen LogP contribution in [0.1, 0.15) is 6.92 Å². The predicted molar refractivity (Wildman–Crippen MR) is 55.4 cm³/mol. The van der Waals surface area contributed by atoms with E-state index in [0.29, 0.717) is 0 Å². The highest BCUT2D eigenvalue weighted by atomic mass is 32.2. The maximum atomic E-state index is 12.9. The zero-order valence-corrected chi connectivity index (χ0v) is 11.2. The van der Waals surface area contributed by atoms with Crippen molar-refractivity contribution in [3.63, 3.8) is 0 Å². The molecule has 0 amide bonds. The van der Waals surface area contributed by atoms with Crippen molar-refractivity contribution in [2.24, 2.45) is 0 Å². The van der Waals surface area contributed by atoms with Crippen LogP contribution in [-0.4, -0.2) is 54.4 Å². The summed E-state index contributed by atoms with van der Waals surface area (Å²) >= 11 is 0. The summed E-state index contributed by atoms with van der Waals surface area (Å²) in [5, 5.41) is 0. The maximum Gasteiger partial charge on any atom is 0.519 e. The van der Waals surface area contributed by atoms with Crippen LogP contribution in [0.25, 0.3) is 0 Å². The minimum Gasteiger partial charge on any atom is -0.328 e. The van der Waals surface area contributed by atoms with Gasteiger partial charge in [0.1, 0.15) is 12.7 Å². The molecule has 1 atom stereocenters. The summed E-state index contributed by atoms with van der Waals surface area (Å²) < 4.78 is 95.8. The van der Waals surface area contributed by atoms with E-state index < -0.39 is 44.1 Å². The molecule has 12 heteroatoms. The van der Waals surface area contributed by atoms with Crippen LogP contribution in [0.15, 0.2) is 12.4 Å². The predicted octanol–water partition coefficient (Wildman–Crippen LogP) is 1.78. The molecular formula is C8H12F6N3O2S+. The average Bonchev–Trinajstić information content (AvgIpc) is 2.56. The van der Waals surface area contributed by atoms with E-state index in [4.69, 9.17) is 0 Å². The number of quaternary nitrogens is 1. The third-order valence-electron chi connectivity index (χ3n) is 2.71. The fraction of sp³-hybridized carbons (Fsp3) is 0.750. The summed E-state index contributed by atoms with van der Waals surface area (Å²) in [7, 11) is -5.25. The first-order chi connectivity index (χ1) is 8.78. The minimum atomic E-state index is -6.57. The van der Waals surface area contributed by atoms with E-state index in [1.54, 1.807) is 0 Å². The molecule has 1 aliphatic heterocycles. The van der Waals surface area contributed by atoms with Crippen LogP contribution in [0, 0.1) is 0 Å². The number of sulfonamides is 1. The topological polar surface area (TPSA) is 40.6 Å². The van der Waals surface area contributed by atoms with E-state index in [2.05, 4.69) is 0 Å². The molecule has 20 heavy (non-hydrogen) atoms. The summed E-state index contributed by atoms with van der Waals surface area (Å²) in [5.41, 5.74) is -6.04. The molecule has 0 bridgehead atoms. The van der Waals surface area contributed by atoms with Gasteiger partial charge in [-0.05, 0) is 6.92 Å². The lowest BCUT2D eigenvalue weighted by molar-refractivity contribution is -0.991. The van der Waals surface area contributed by atoms with Crippen molar-refractivity contribution in [2.45, 2.75) is 18.7 Å². The van der Waals surface area contributed by atoms with E-state index in [1.165, 1.54) is 7.05 Å². The molecule has 0 aliphatic carbocycles. The van der Waals surface area contributed by atoms with Crippen LogP contribution in [-0.2, 0) is 10.0 Å². The molecule has 1 unspecified atom stereocenters. The molecule has 0 radical (unpaired) electrons. The Morgan fingerprint density at radius 3 is 2.00 bits per heavy atom. The minimum absolute atomic E-state index is 0.518. The van der Waals surface area contributed by atoms with Crippen LogP contribution in [0.4, 0.5) is 26.3 Å². The van der Waals surface area contributed by atoms with Gasteiger partial charge in [-0.15, -0.1) is 0 Å². The van der Waals surface area contributed by atoms with Crippen LogP contribution in [0.2, 0.25) is 0 Å². The lowest BCUT2D eigenvalue weighted by Gasteiger charge is -2.39. The van der Waals surface area contributed by atoms with Crippen molar-refractivity contribution in [3.05, 3.63) is 12.4 Å². The third-order valence-corrected chi connectivity index (χ3v) is 4.29. The smallest absolute Gasteiger partial charge is 0.328 e. The van der Waals surface area contributed by atoms with Crippen molar-refractivity contribution < 1.29 is 39.4 Å². The molecule has 1 heterocycles. The lowest BCUT2D eigenvalue weighted by Crippen LogP contribution is -2.66. The van der Waals surface area contributed by atoms with E-state index in [0.717, 1.165) is 24.2 Å². The lowest BCUT2D eigenvalue weighted by atomic mass is 10.6. The van der Waals surface area contributed by atoms with Gasteiger partial charge in [0.2, 0.25) is 0 Å². The van der Waals surface area contributed by atoms with Crippen LogP contribution in [0.5, 0.6) is 0 Å². The molecule has 1 aliphatic rings. The van der Waals surface area contributed by atoms with E-state index in [-0.39, 0.29) is 0 Å². The van der Waals surface area contributed by atoms with Gasteiger partial charge in [0.15, 0.2) is 6.67 Å². The normalized spacial score (nSPS) is 24.8. The third kappa shape index (κ3) is 2.72. The van der Waals surface area contributed by atoms with Gasteiger partial charge in [-0.3, -0.25) is 0 Å². The van der Waals surface area contributed by atoms with Crippen molar-refractivity contribution >= 4 is 10.0 Å². The number of nitrogens with zero attached hydrogens (tertiary/aromatic N) is 3. The van der Waals surface area contributed by atoms with Crippen molar-refractivity contribution in [1.29, 1.82) is 0 Å². The summed E-state index contributed by atoms with van der Waals surface area (Å²) in [6, 6.07) is 0. The first kappa shape index (κ1) is 17.0. The molecule has 118 valence electrons. The standard InChI is InChI=1S/C8H12F6N3O2S/c1-3-17(5-4-15(2)6-17)16(7(9,10)11)20(18,19)8(12,13)14/h4-5H,3,6H2,1-2H3/q+1. The molecular weight excluding hydrogens is 316 g/mol. The van der Waals surface area contributed by atoms with E-state index in [9.17, 15) is 34.8 Å². The van der Waals surface area contributed by atoms with Gasteiger partial charge in [0, 0.05) is 7.05 Å². The number of rotatable bonds is 3. The first-order valence-electron chi connectivity index (χ1n) is 5.23. The van der Waals surface area contributed by atoms with Gasteiger partial charge >= 0.3 is 21.8 Å². The van der Waals surface area contributed by atoms with Gasteiger partial charge in [-0.2, -0.15) is 39.4 Å². The number of hydrogen-bond acceptors (Lipinski definition) is 3. The molecule has 5 nitrogen and oxygen atoms in total. The Hall–Kier alpha value is -1.01. The summed E-state index contributed by atoms with van der Waals surface area (Å²) in [6.07, 6.45) is -3.86. The molecule has 0 aromatic carbocycles. The first-order valence-corrected chi connectivity index (χ1v) is 6.67. The second-order valence-electron chi connectivity index (χ2n) is 4.16. The van der Waals surface area contributed by atoms with Crippen LogP contribution >= 0.6 is 0 Å². The molecule has 0 aromatic rings. The highest BCUT2D eigenvalue weighted by molar-refractivity contribution is 7.89. The van der Waals surface area contributed by atoms with Crippen LogP contribution < -0.4 is 0 Å². The largest absolute Gasteiger partial charge is 0.519 e. The van der Waals surface area contributed by atoms with Crippen molar-refractivity contribution in [3.8, 4) is 0 Å². The van der Waals surface area contributed by atoms with Gasteiger partial charge in [-0.1, -0.05) is 0 Å². The Labute approximate surface area is 111 Å². The number of alkyl halides is 6. The zero-order chi connectivity index (χ0) is 16.0. The summed E-state index contributed by atoms with van der Waals surface area (Å²) in [4.78, 5) is 1.16. The molecule has 0 spiro atoms. The van der Waals surface area contributed by atoms with Crippen molar-refractivity contribution in [1.82, 2.24) is 9.31 Å². The van der Waals surface area contributed by atoms with Gasteiger partial charge in [-0.25, -0.2) is 0 Å². The van der Waals surface area contributed by atoms with E-state index >= 15 is 0 Å². The second-order valence-corrected chi connectivity index (χ2v) is 5.92. The molecule has 0 fully saturated rings. The Kier molecular flexibility index (Phi) is 4.07. The Morgan fingerprint density at radius 1 is 1.25 bits per heavy atom.